The second-order valence-corrected chi connectivity index (χ2v) is 7.14. The summed E-state index contributed by atoms with van der Waals surface area (Å²) in [6.07, 6.45) is 5.27. The zero-order valence-corrected chi connectivity index (χ0v) is 12.0. The van der Waals surface area contributed by atoms with Gasteiger partial charge in [0.1, 0.15) is 0 Å². The van der Waals surface area contributed by atoms with Gasteiger partial charge in [0.2, 0.25) is 0 Å². The minimum atomic E-state index is 0.329. The van der Waals surface area contributed by atoms with Gasteiger partial charge in [-0.05, 0) is 57.6 Å². The Morgan fingerprint density at radius 3 is 2.62 bits per heavy atom. The fourth-order valence-corrected chi connectivity index (χ4v) is 3.82. The molecule has 1 unspecified atom stereocenters. The second-order valence-electron chi connectivity index (χ2n) is 4.85. The summed E-state index contributed by atoms with van der Waals surface area (Å²) in [5.41, 5.74) is 4.33. The van der Waals surface area contributed by atoms with Crippen molar-refractivity contribution in [2.24, 2.45) is 17.7 Å². The summed E-state index contributed by atoms with van der Waals surface area (Å²) in [6, 6.07) is 2.52. The molecule has 90 valence electrons. The van der Waals surface area contributed by atoms with Crippen molar-refractivity contribution in [2.75, 3.05) is 0 Å². The Bertz CT molecular complexity index is 332. The van der Waals surface area contributed by atoms with Gasteiger partial charge in [-0.15, -0.1) is 11.3 Å². The van der Waals surface area contributed by atoms with Crippen LogP contribution in [-0.4, -0.2) is 0 Å². The molecule has 1 aliphatic rings. The predicted molar refractivity (Wildman–Crippen MR) is 73.2 cm³/mol. The van der Waals surface area contributed by atoms with E-state index in [1.807, 2.05) is 0 Å². The van der Waals surface area contributed by atoms with Crippen LogP contribution in [0.3, 0.4) is 0 Å². The van der Waals surface area contributed by atoms with Crippen molar-refractivity contribution >= 4 is 27.3 Å². The first-order valence-electron chi connectivity index (χ1n) is 5.90. The van der Waals surface area contributed by atoms with Crippen LogP contribution in [-0.2, 0) is 0 Å². The normalized spacial score (nSPS) is 27.9. The highest BCUT2D eigenvalue weighted by molar-refractivity contribution is 9.11. The fourth-order valence-electron chi connectivity index (χ4n) is 2.61. The maximum absolute atomic E-state index is 5.72. The van der Waals surface area contributed by atoms with E-state index in [0.717, 1.165) is 5.92 Å². The number of halogens is 1. The average Bonchev–Trinajstić information content (AvgIpc) is 2.69. The van der Waals surface area contributed by atoms with E-state index in [1.165, 1.54) is 35.0 Å². The Hall–Kier alpha value is 0.100. The summed E-state index contributed by atoms with van der Waals surface area (Å²) in [7, 11) is 0. The molecule has 1 aliphatic carbocycles. The van der Waals surface area contributed by atoms with Crippen LogP contribution >= 0.6 is 27.3 Å². The van der Waals surface area contributed by atoms with E-state index in [9.17, 15) is 0 Å². The Kier molecular flexibility index (Phi) is 4.41. The van der Waals surface area contributed by atoms with Crippen molar-refractivity contribution in [3.8, 4) is 0 Å². The molecule has 0 radical (unpaired) electrons. The molecule has 16 heavy (non-hydrogen) atoms. The van der Waals surface area contributed by atoms with Gasteiger partial charge in [0, 0.05) is 6.04 Å². The number of hydrazine groups is 1. The summed E-state index contributed by atoms with van der Waals surface area (Å²) in [4.78, 5) is 0. The van der Waals surface area contributed by atoms with Gasteiger partial charge in [-0.2, -0.15) is 0 Å². The molecule has 1 fully saturated rings. The third-order valence-corrected chi connectivity index (χ3v) is 5.18. The lowest BCUT2D eigenvalue weighted by Gasteiger charge is -2.32. The van der Waals surface area contributed by atoms with Crippen LogP contribution in [0.15, 0.2) is 15.2 Å². The molecular weight excluding hydrogens is 284 g/mol. The first-order chi connectivity index (χ1) is 7.70. The molecule has 1 heterocycles. The van der Waals surface area contributed by atoms with Crippen molar-refractivity contribution in [3.63, 3.8) is 0 Å². The van der Waals surface area contributed by atoms with Gasteiger partial charge in [-0.3, -0.25) is 11.3 Å². The Labute approximate surface area is 110 Å². The van der Waals surface area contributed by atoms with Crippen LogP contribution < -0.4 is 11.3 Å². The fraction of sp³-hybridized carbons (Fsp3) is 0.667. The predicted octanol–water partition coefficient (Wildman–Crippen LogP) is 3.84. The van der Waals surface area contributed by atoms with Crippen LogP contribution in [0, 0.1) is 11.8 Å². The molecule has 1 atom stereocenters. The molecule has 3 N–H and O–H groups in total. The standard InChI is InChI=1S/C12H19BrN2S/c1-8-2-4-9(5-3-8)12(15-14)10-6-11(13)16-7-10/h6-9,12,15H,2-5,14H2,1H3. The highest BCUT2D eigenvalue weighted by atomic mass is 79.9. The van der Waals surface area contributed by atoms with Crippen molar-refractivity contribution in [1.82, 2.24) is 5.43 Å². The van der Waals surface area contributed by atoms with Crippen molar-refractivity contribution in [1.29, 1.82) is 0 Å². The Balaban J connectivity index is 2.05. The SMILES string of the molecule is CC1CCC(C(NN)c2csc(Br)c2)CC1. The third kappa shape index (κ3) is 2.86. The molecule has 0 bridgehead atoms. The van der Waals surface area contributed by atoms with Gasteiger partial charge in [0.15, 0.2) is 0 Å². The smallest absolute Gasteiger partial charge is 0.0701 e. The van der Waals surface area contributed by atoms with Crippen LogP contribution in [0.25, 0.3) is 0 Å². The molecule has 1 aromatic heterocycles. The number of hydrogen-bond donors (Lipinski definition) is 2. The van der Waals surface area contributed by atoms with Crippen LogP contribution in [0.1, 0.15) is 44.2 Å². The van der Waals surface area contributed by atoms with E-state index < -0.39 is 0 Å². The largest absolute Gasteiger partial charge is 0.271 e. The number of nitrogens with two attached hydrogens (primary N) is 1. The second kappa shape index (κ2) is 5.63. The number of thiophene rings is 1. The topological polar surface area (TPSA) is 38.0 Å². The highest BCUT2D eigenvalue weighted by Gasteiger charge is 2.26. The molecule has 1 aromatic rings. The van der Waals surface area contributed by atoms with Gasteiger partial charge >= 0.3 is 0 Å². The molecule has 1 saturated carbocycles. The third-order valence-electron chi connectivity index (χ3n) is 3.66. The lowest BCUT2D eigenvalue weighted by Crippen LogP contribution is -2.34. The lowest BCUT2D eigenvalue weighted by molar-refractivity contribution is 0.232. The molecule has 2 rings (SSSR count). The Morgan fingerprint density at radius 1 is 1.44 bits per heavy atom. The van der Waals surface area contributed by atoms with E-state index in [0.29, 0.717) is 12.0 Å². The minimum absolute atomic E-state index is 0.329. The number of rotatable bonds is 3. The number of hydrogen-bond acceptors (Lipinski definition) is 3. The van der Waals surface area contributed by atoms with Gasteiger partial charge in [0.05, 0.1) is 3.79 Å². The first kappa shape index (κ1) is 12.6. The van der Waals surface area contributed by atoms with Crippen LogP contribution in [0.4, 0.5) is 0 Å². The van der Waals surface area contributed by atoms with E-state index in [-0.39, 0.29) is 0 Å². The summed E-state index contributed by atoms with van der Waals surface area (Å²) in [6.45, 7) is 2.35. The maximum Gasteiger partial charge on any atom is 0.0701 e. The van der Waals surface area contributed by atoms with Crippen molar-refractivity contribution < 1.29 is 0 Å². The van der Waals surface area contributed by atoms with Gasteiger partial charge in [0.25, 0.3) is 0 Å². The zero-order valence-electron chi connectivity index (χ0n) is 9.58. The summed E-state index contributed by atoms with van der Waals surface area (Å²) in [5.74, 6) is 7.31. The van der Waals surface area contributed by atoms with Gasteiger partial charge < -0.3 is 0 Å². The van der Waals surface area contributed by atoms with Crippen LogP contribution in [0.5, 0.6) is 0 Å². The van der Waals surface area contributed by atoms with Gasteiger partial charge in [-0.25, -0.2) is 0 Å². The quantitative estimate of drug-likeness (QED) is 0.657. The Morgan fingerprint density at radius 2 is 2.12 bits per heavy atom. The highest BCUT2D eigenvalue weighted by Crippen LogP contribution is 2.38. The van der Waals surface area contributed by atoms with E-state index in [4.69, 9.17) is 5.84 Å². The number of nitrogens with one attached hydrogen (secondary N) is 1. The first-order valence-corrected chi connectivity index (χ1v) is 7.58. The molecule has 0 amide bonds. The van der Waals surface area contributed by atoms with E-state index >= 15 is 0 Å². The van der Waals surface area contributed by atoms with E-state index in [2.05, 4.69) is 39.7 Å². The van der Waals surface area contributed by atoms with Crippen molar-refractivity contribution in [2.45, 2.75) is 38.6 Å². The lowest BCUT2D eigenvalue weighted by atomic mass is 9.78. The zero-order chi connectivity index (χ0) is 11.5. The molecule has 0 saturated heterocycles. The minimum Gasteiger partial charge on any atom is -0.271 e. The summed E-state index contributed by atoms with van der Waals surface area (Å²) in [5, 5.41) is 2.20. The molecule has 4 heteroatoms. The summed E-state index contributed by atoms with van der Waals surface area (Å²) >= 11 is 5.25. The molecule has 0 aromatic carbocycles. The molecule has 0 spiro atoms. The van der Waals surface area contributed by atoms with E-state index in [1.54, 1.807) is 11.3 Å². The average molecular weight is 303 g/mol. The maximum atomic E-state index is 5.72. The van der Waals surface area contributed by atoms with Crippen LogP contribution in [0.2, 0.25) is 0 Å². The monoisotopic (exact) mass is 302 g/mol. The van der Waals surface area contributed by atoms with Crippen molar-refractivity contribution in [3.05, 3.63) is 20.8 Å². The molecular formula is C12H19BrN2S. The summed E-state index contributed by atoms with van der Waals surface area (Å²) < 4.78 is 1.19. The van der Waals surface area contributed by atoms with Gasteiger partial charge in [-0.1, -0.05) is 19.8 Å². The molecule has 2 nitrogen and oxygen atoms in total. The molecule has 0 aliphatic heterocycles.